The fourth-order valence-corrected chi connectivity index (χ4v) is 3.22. The number of aromatic nitrogens is 4. The summed E-state index contributed by atoms with van der Waals surface area (Å²) in [5.74, 6) is 0.456. The SMILES string of the molecule is COc1cccc(NC(=O)C(C)Nc2nc3c(cnn3-c3ccccc3Cl)c(=O)[nH]2)c1. The topological polar surface area (TPSA) is 114 Å². The number of hydrogen-bond acceptors (Lipinski definition) is 6. The number of carbonyl (C=O) groups is 1. The highest BCUT2D eigenvalue weighted by molar-refractivity contribution is 6.32. The van der Waals surface area contributed by atoms with Crippen molar-refractivity contribution in [2.75, 3.05) is 17.7 Å². The standard InChI is InChI=1S/C21H19ClN6O3/c1-12(19(29)25-13-6-5-7-14(10-13)31-2)24-21-26-18-15(20(30)27-21)11-23-28(18)17-9-4-3-8-16(17)22/h3-12H,1-2H3,(H,25,29)(H2,24,26,27,30). The molecule has 31 heavy (non-hydrogen) atoms. The van der Waals surface area contributed by atoms with E-state index in [0.717, 1.165) is 0 Å². The molecule has 158 valence electrons. The Bertz CT molecular complexity index is 1320. The Labute approximate surface area is 182 Å². The highest BCUT2D eigenvalue weighted by atomic mass is 35.5. The number of halogens is 1. The van der Waals surface area contributed by atoms with Crippen LogP contribution in [0.1, 0.15) is 6.92 Å². The summed E-state index contributed by atoms with van der Waals surface area (Å²) < 4.78 is 6.65. The Morgan fingerprint density at radius 3 is 2.81 bits per heavy atom. The van der Waals surface area contributed by atoms with E-state index in [0.29, 0.717) is 33.2 Å². The predicted molar refractivity (Wildman–Crippen MR) is 119 cm³/mol. The maximum Gasteiger partial charge on any atom is 0.263 e. The summed E-state index contributed by atoms with van der Waals surface area (Å²) in [6.45, 7) is 1.66. The van der Waals surface area contributed by atoms with Gasteiger partial charge in [-0.25, -0.2) is 4.68 Å². The van der Waals surface area contributed by atoms with Gasteiger partial charge in [0.05, 0.1) is 24.0 Å². The van der Waals surface area contributed by atoms with E-state index in [1.165, 1.54) is 10.9 Å². The van der Waals surface area contributed by atoms with Crippen molar-refractivity contribution in [2.45, 2.75) is 13.0 Å². The number of ether oxygens (including phenoxy) is 1. The minimum atomic E-state index is -0.691. The first-order valence-corrected chi connectivity index (χ1v) is 9.78. The molecule has 1 amide bonds. The van der Waals surface area contributed by atoms with Gasteiger partial charge in [0.25, 0.3) is 5.56 Å². The van der Waals surface area contributed by atoms with Crippen LogP contribution < -0.4 is 20.9 Å². The molecule has 2 heterocycles. The minimum Gasteiger partial charge on any atom is -0.497 e. The molecular formula is C21H19ClN6O3. The second-order valence-corrected chi connectivity index (χ2v) is 7.15. The van der Waals surface area contributed by atoms with E-state index in [-0.39, 0.29) is 17.4 Å². The first-order valence-electron chi connectivity index (χ1n) is 9.40. The van der Waals surface area contributed by atoms with E-state index in [2.05, 4.69) is 25.7 Å². The maximum atomic E-state index is 12.6. The largest absolute Gasteiger partial charge is 0.497 e. The average Bonchev–Trinajstić information content (AvgIpc) is 3.18. The van der Waals surface area contributed by atoms with Crippen molar-refractivity contribution in [2.24, 2.45) is 0 Å². The second kappa shape index (κ2) is 8.49. The zero-order chi connectivity index (χ0) is 22.0. The zero-order valence-electron chi connectivity index (χ0n) is 16.7. The summed E-state index contributed by atoms with van der Waals surface area (Å²) in [5.41, 5.74) is 1.12. The van der Waals surface area contributed by atoms with Crippen molar-refractivity contribution >= 4 is 40.2 Å². The van der Waals surface area contributed by atoms with Gasteiger partial charge in [-0.2, -0.15) is 10.1 Å². The van der Waals surface area contributed by atoms with Crippen molar-refractivity contribution in [3.63, 3.8) is 0 Å². The number of hydrogen-bond donors (Lipinski definition) is 3. The molecule has 0 spiro atoms. The third-order valence-electron chi connectivity index (χ3n) is 4.60. The van der Waals surface area contributed by atoms with Crippen molar-refractivity contribution < 1.29 is 9.53 Å². The Kier molecular flexibility index (Phi) is 5.59. The van der Waals surface area contributed by atoms with Crippen LogP contribution >= 0.6 is 11.6 Å². The number of fused-ring (bicyclic) bond motifs is 1. The van der Waals surface area contributed by atoms with Crippen molar-refractivity contribution in [1.82, 2.24) is 19.7 Å². The lowest BCUT2D eigenvalue weighted by Gasteiger charge is -2.15. The van der Waals surface area contributed by atoms with Gasteiger partial charge in [0, 0.05) is 11.8 Å². The van der Waals surface area contributed by atoms with Gasteiger partial charge >= 0.3 is 0 Å². The Hall–Kier alpha value is -3.85. The van der Waals surface area contributed by atoms with Gasteiger partial charge in [-0.15, -0.1) is 0 Å². The van der Waals surface area contributed by atoms with Crippen molar-refractivity contribution in [1.29, 1.82) is 0 Å². The molecule has 0 saturated heterocycles. The van der Waals surface area contributed by atoms with E-state index >= 15 is 0 Å². The highest BCUT2D eigenvalue weighted by Crippen LogP contribution is 2.22. The number of benzene rings is 2. The third kappa shape index (κ3) is 4.22. The molecule has 3 N–H and O–H groups in total. The summed E-state index contributed by atoms with van der Waals surface area (Å²) in [5, 5.41) is 10.7. The Morgan fingerprint density at radius 2 is 2.03 bits per heavy atom. The number of carbonyl (C=O) groups excluding carboxylic acids is 1. The summed E-state index contributed by atoms with van der Waals surface area (Å²) in [6, 6.07) is 13.4. The number of nitrogens with one attached hydrogen (secondary N) is 3. The summed E-state index contributed by atoms with van der Waals surface area (Å²) in [7, 11) is 1.55. The molecular weight excluding hydrogens is 420 g/mol. The van der Waals surface area contributed by atoms with Gasteiger partial charge in [0.15, 0.2) is 5.65 Å². The quantitative estimate of drug-likeness (QED) is 0.426. The lowest BCUT2D eigenvalue weighted by Crippen LogP contribution is -2.33. The molecule has 0 radical (unpaired) electrons. The molecule has 4 rings (SSSR count). The van der Waals surface area contributed by atoms with Crippen LogP contribution in [0.4, 0.5) is 11.6 Å². The minimum absolute atomic E-state index is 0.139. The molecule has 4 aromatic rings. The van der Waals surface area contributed by atoms with Gasteiger partial charge in [0.1, 0.15) is 17.2 Å². The summed E-state index contributed by atoms with van der Waals surface area (Å²) >= 11 is 6.27. The van der Waals surface area contributed by atoms with E-state index in [9.17, 15) is 9.59 Å². The number of methoxy groups -OCH3 is 1. The number of anilines is 2. The van der Waals surface area contributed by atoms with Gasteiger partial charge in [-0.1, -0.05) is 29.8 Å². The zero-order valence-corrected chi connectivity index (χ0v) is 17.5. The smallest absolute Gasteiger partial charge is 0.263 e. The monoisotopic (exact) mass is 438 g/mol. The Morgan fingerprint density at radius 1 is 1.23 bits per heavy atom. The van der Waals surface area contributed by atoms with E-state index in [1.807, 2.05) is 6.07 Å². The lowest BCUT2D eigenvalue weighted by molar-refractivity contribution is -0.116. The predicted octanol–water partition coefficient (Wildman–Crippen LogP) is 3.21. The van der Waals surface area contributed by atoms with Gasteiger partial charge in [0.2, 0.25) is 11.9 Å². The van der Waals surface area contributed by atoms with E-state index < -0.39 is 6.04 Å². The molecule has 0 aliphatic carbocycles. The molecule has 0 bridgehead atoms. The fraction of sp³-hybridized carbons (Fsp3) is 0.143. The van der Waals surface area contributed by atoms with Gasteiger partial charge in [-0.3, -0.25) is 14.6 Å². The third-order valence-corrected chi connectivity index (χ3v) is 4.92. The van der Waals surface area contributed by atoms with Crippen LogP contribution in [-0.4, -0.2) is 38.8 Å². The average molecular weight is 439 g/mol. The number of H-pyrrole nitrogens is 1. The number of rotatable bonds is 6. The van der Waals surface area contributed by atoms with E-state index in [1.54, 1.807) is 56.5 Å². The highest BCUT2D eigenvalue weighted by Gasteiger charge is 2.17. The molecule has 1 atom stereocenters. The van der Waals surface area contributed by atoms with Crippen LogP contribution in [-0.2, 0) is 4.79 Å². The number of para-hydroxylation sites is 1. The van der Waals surface area contributed by atoms with Crippen molar-refractivity contribution in [3.05, 3.63) is 70.1 Å². The summed E-state index contributed by atoms with van der Waals surface area (Å²) in [6.07, 6.45) is 1.42. The fourth-order valence-electron chi connectivity index (χ4n) is 3.01. The van der Waals surface area contributed by atoms with Crippen LogP contribution in [0, 0.1) is 0 Å². The molecule has 9 nitrogen and oxygen atoms in total. The molecule has 0 fully saturated rings. The first-order chi connectivity index (χ1) is 15.0. The van der Waals surface area contributed by atoms with Crippen LogP contribution in [0.2, 0.25) is 5.02 Å². The molecule has 2 aromatic carbocycles. The molecule has 0 aliphatic heterocycles. The number of amides is 1. The maximum absolute atomic E-state index is 12.6. The molecule has 1 unspecified atom stereocenters. The van der Waals surface area contributed by atoms with Crippen LogP contribution in [0.5, 0.6) is 5.75 Å². The first kappa shape index (κ1) is 20.4. The number of aromatic amines is 1. The van der Waals surface area contributed by atoms with Crippen LogP contribution in [0.25, 0.3) is 16.7 Å². The van der Waals surface area contributed by atoms with Gasteiger partial charge < -0.3 is 15.4 Å². The molecule has 10 heteroatoms. The second-order valence-electron chi connectivity index (χ2n) is 6.75. The number of nitrogens with zero attached hydrogens (tertiary/aromatic N) is 3. The van der Waals surface area contributed by atoms with Gasteiger partial charge in [-0.05, 0) is 31.2 Å². The normalized spacial score (nSPS) is 11.8. The van der Waals surface area contributed by atoms with E-state index in [4.69, 9.17) is 16.3 Å². The van der Waals surface area contributed by atoms with Crippen molar-refractivity contribution in [3.8, 4) is 11.4 Å². The van der Waals surface area contributed by atoms with Crippen LogP contribution in [0.3, 0.4) is 0 Å². The molecule has 2 aromatic heterocycles. The summed E-state index contributed by atoms with van der Waals surface area (Å²) in [4.78, 5) is 32.2. The molecule has 0 saturated carbocycles. The molecule has 0 aliphatic rings. The Balaban J connectivity index is 1.59. The van der Waals surface area contributed by atoms with Crippen LogP contribution in [0.15, 0.2) is 59.5 Å². The lowest BCUT2D eigenvalue weighted by atomic mass is 10.2.